The van der Waals surface area contributed by atoms with E-state index in [2.05, 4.69) is 10.3 Å². The van der Waals surface area contributed by atoms with E-state index in [0.717, 1.165) is 23.2 Å². The Labute approximate surface area is 113 Å². The van der Waals surface area contributed by atoms with Gasteiger partial charge in [0.25, 0.3) is 0 Å². The number of aliphatic hydroxyl groups is 1. The summed E-state index contributed by atoms with van der Waals surface area (Å²) >= 11 is 0. The number of hydrogen-bond donors (Lipinski definition) is 2. The SMILES string of the molecule is CCNC(CCO)COc1cccc2ncccc12. The summed E-state index contributed by atoms with van der Waals surface area (Å²) in [6, 6.07) is 9.95. The molecule has 4 nitrogen and oxygen atoms in total. The second-order valence-corrected chi connectivity index (χ2v) is 4.40. The second kappa shape index (κ2) is 7.07. The fourth-order valence-electron chi connectivity index (χ4n) is 2.08. The van der Waals surface area contributed by atoms with Crippen LogP contribution in [0.2, 0.25) is 0 Å². The number of benzene rings is 1. The van der Waals surface area contributed by atoms with Crippen LogP contribution in [0.3, 0.4) is 0 Å². The van der Waals surface area contributed by atoms with Crippen molar-refractivity contribution in [3.63, 3.8) is 0 Å². The number of ether oxygens (including phenoxy) is 1. The standard InChI is InChI=1S/C15H20N2O2/c1-2-16-12(8-10-18)11-19-15-7-3-6-14-13(15)5-4-9-17-14/h3-7,9,12,16,18H,2,8,10-11H2,1H3. The van der Waals surface area contributed by atoms with Gasteiger partial charge in [-0.05, 0) is 37.2 Å². The first-order valence-corrected chi connectivity index (χ1v) is 6.66. The maximum absolute atomic E-state index is 9.03. The Kier molecular flexibility index (Phi) is 5.12. The van der Waals surface area contributed by atoms with Gasteiger partial charge in [0.2, 0.25) is 0 Å². The zero-order valence-electron chi connectivity index (χ0n) is 11.2. The zero-order valence-corrected chi connectivity index (χ0v) is 11.2. The van der Waals surface area contributed by atoms with Crippen LogP contribution in [-0.4, -0.2) is 35.9 Å². The van der Waals surface area contributed by atoms with Crippen LogP contribution in [0.25, 0.3) is 10.9 Å². The molecular formula is C15H20N2O2. The van der Waals surface area contributed by atoms with Crippen LogP contribution in [-0.2, 0) is 0 Å². The quantitative estimate of drug-likeness (QED) is 0.799. The lowest BCUT2D eigenvalue weighted by molar-refractivity contribution is 0.216. The van der Waals surface area contributed by atoms with Crippen molar-refractivity contribution >= 4 is 10.9 Å². The highest BCUT2D eigenvalue weighted by Gasteiger charge is 2.09. The van der Waals surface area contributed by atoms with Crippen LogP contribution < -0.4 is 10.1 Å². The number of pyridine rings is 1. The number of hydrogen-bond acceptors (Lipinski definition) is 4. The molecule has 1 aromatic carbocycles. The van der Waals surface area contributed by atoms with Gasteiger partial charge in [-0.1, -0.05) is 13.0 Å². The van der Waals surface area contributed by atoms with Gasteiger partial charge < -0.3 is 15.2 Å². The fourth-order valence-corrected chi connectivity index (χ4v) is 2.08. The van der Waals surface area contributed by atoms with Crippen molar-refractivity contribution in [2.45, 2.75) is 19.4 Å². The van der Waals surface area contributed by atoms with E-state index in [1.165, 1.54) is 0 Å². The molecule has 0 spiro atoms. The van der Waals surface area contributed by atoms with E-state index in [1.54, 1.807) is 6.20 Å². The van der Waals surface area contributed by atoms with Gasteiger partial charge in [0.05, 0.1) is 5.52 Å². The molecule has 1 unspecified atom stereocenters. The van der Waals surface area contributed by atoms with Gasteiger partial charge in [-0.25, -0.2) is 0 Å². The third kappa shape index (κ3) is 3.66. The van der Waals surface area contributed by atoms with Crippen LogP contribution in [0.5, 0.6) is 5.75 Å². The van der Waals surface area contributed by atoms with Crippen LogP contribution in [0.1, 0.15) is 13.3 Å². The average molecular weight is 260 g/mol. The summed E-state index contributed by atoms with van der Waals surface area (Å²) in [4.78, 5) is 4.31. The minimum atomic E-state index is 0.165. The third-order valence-electron chi connectivity index (χ3n) is 3.02. The maximum Gasteiger partial charge on any atom is 0.128 e. The van der Waals surface area contributed by atoms with E-state index in [9.17, 15) is 0 Å². The lowest BCUT2D eigenvalue weighted by atomic mass is 10.2. The van der Waals surface area contributed by atoms with E-state index in [4.69, 9.17) is 9.84 Å². The average Bonchev–Trinajstić information content (AvgIpc) is 2.45. The molecule has 1 aromatic heterocycles. The van der Waals surface area contributed by atoms with Gasteiger partial charge in [0, 0.05) is 24.2 Å². The van der Waals surface area contributed by atoms with E-state index < -0.39 is 0 Å². The Bertz CT molecular complexity index is 505. The number of aromatic nitrogens is 1. The molecule has 4 heteroatoms. The number of nitrogens with one attached hydrogen (secondary N) is 1. The van der Waals surface area contributed by atoms with Gasteiger partial charge in [-0.3, -0.25) is 4.98 Å². The molecule has 0 aliphatic carbocycles. The molecule has 0 fully saturated rings. The molecule has 1 atom stereocenters. The van der Waals surface area contributed by atoms with Gasteiger partial charge in [0.15, 0.2) is 0 Å². The first-order chi connectivity index (χ1) is 9.35. The molecule has 0 radical (unpaired) electrons. The molecule has 0 bridgehead atoms. The Balaban J connectivity index is 2.08. The first-order valence-electron chi connectivity index (χ1n) is 6.66. The topological polar surface area (TPSA) is 54.4 Å². The van der Waals surface area contributed by atoms with Gasteiger partial charge in [0.1, 0.15) is 12.4 Å². The molecular weight excluding hydrogens is 240 g/mol. The Hall–Kier alpha value is -1.65. The Morgan fingerprint density at radius 2 is 2.21 bits per heavy atom. The summed E-state index contributed by atoms with van der Waals surface area (Å²) in [6.07, 6.45) is 2.47. The molecule has 19 heavy (non-hydrogen) atoms. The summed E-state index contributed by atoms with van der Waals surface area (Å²) in [6.45, 7) is 3.62. The van der Waals surface area contributed by atoms with Gasteiger partial charge >= 0.3 is 0 Å². The molecule has 0 saturated carbocycles. The molecule has 2 N–H and O–H groups in total. The summed E-state index contributed by atoms with van der Waals surface area (Å²) in [5.41, 5.74) is 0.933. The van der Waals surface area contributed by atoms with Crippen LogP contribution in [0.15, 0.2) is 36.5 Å². The predicted molar refractivity (Wildman–Crippen MR) is 76.4 cm³/mol. The summed E-state index contributed by atoms with van der Waals surface area (Å²) in [5, 5.41) is 13.3. The summed E-state index contributed by atoms with van der Waals surface area (Å²) in [5.74, 6) is 0.839. The van der Waals surface area contributed by atoms with E-state index >= 15 is 0 Å². The lowest BCUT2D eigenvalue weighted by Gasteiger charge is -2.18. The van der Waals surface area contributed by atoms with Gasteiger partial charge in [-0.2, -0.15) is 0 Å². The van der Waals surface area contributed by atoms with Crippen molar-refractivity contribution in [3.8, 4) is 5.75 Å². The number of likely N-dealkylation sites (N-methyl/N-ethyl adjacent to an activating group) is 1. The van der Waals surface area contributed by atoms with Crippen LogP contribution in [0.4, 0.5) is 0 Å². The number of aliphatic hydroxyl groups excluding tert-OH is 1. The number of fused-ring (bicyclic) bond motifs is 1. The minimum absolute atomic E-state index is 0.165. The number of nitrogens with zero attached hydrogens (tertiary/aromatic N) is 1. The van der Waals surface area contributed by atoms with E-state index in [0.29, 0.717) is 13.0 Å². The second-order valence-electron chi connectivity index (χ2n) is 4.40. The molecule has 2 aromatic rings. The van der Waals surface area contributed by atoms with Crippen molar-refractivity contribution in [2.24, 2.45) is 0 Å². The molecule has 0 aliphatic rings. The van der Waals surface area contributed by atoms with Crippen molar-refractivity contribution in [3.05, 3.63) is 36.5 Å². The minimum Gasteiger partial charge on any atom is -0.491 e. The predicted octanol–water partition coefficient (Wildman–Crippen LogP) is 1.97. The van der Waals surface area contributed by atoms with Crippen molar-refractivity contribution in [2.75, 3.05) is 19.8 Å². The lowest BCUT2D eigenvalue weighted by Crippen LogP contribution is -2.35. The maximum atomic E-state index is 9.03. The van der Waals surface area contributed by atoms with E-state index in [1.807, 2.05) is 37.3 Å². The van der Waals surface area contributed by atoms with Gasteiger partial charge in [-0.15, -0.1) is 0 Å². The smallest absolute Gasteiger partial charge is 0.128 e. The van der Waals surface area contributed by atoms with Crippen LogP contribution >= 0.6 is 0 Å². The highest BCUT2D eigenvalue weighted by Crippen LogP contribution is 2.23. The molecule has 0 saturated heterocycles. The molecule has 1 heterocycles. The zero-order chi connectivity index (χ0) is 13.5. The highest BCUT2D eigenvalue weighted by atomic mass is 16.5. The molecule has 102 valence electrons. The fraction of sp³-hybridized carbons (Fsp3) is 0.400. The largest absolute Gasteiger partial charge is 0.491 e. The third-order valence-corrected chi connectivity index (χ3v) is 3.02. The summed E-state index contributed by atoms with van der Waals surface area (Å²) in [7, 11) is 0. The van der Waals surface area contributed by atoms with E-state index in [-0.39, 0.29) is 12.6 Å². The van der Waals surface area contributed by atoms with Crippen molar-refractivity contribution in [1.82, 2.24) is 10.3 Å². The van der Waals surface area contributed by atoms with Crippen molar-refractivity contribution in [1.29, 1.82) is 0 Å². The molecule has 0 aliphatic heterocycles. The molecule has 2 rings (SSSR count). The molecule has 0 amide bonds. The van der Waals surface area contributed by atoms with Crippen molar-refractivity contribution < 1.29 is 9.84 Å². The Morgan fingerprint density at radius 1 is 1.32 bits per heavy atom. The summed E-state index contributed by atoms with van der Waals surface area (Å²) < 4.78 is 5.87. The normalized spacial score (nSPS) is 12.5. The first kappa shape index (κ1) is 13.8. The Morgan fingerprint density at radius 3 is 3.00 bits per heavy atom. The number of rotatable bonds is 7. The van der Waals surface area contributed by atoms with Crippen LogP contribution in [0, 0.1) is 0 Å². The highest BCUT2D eigenvalue weighted by molar-refractivity contribution is 5.84. The monoisotopic (exact) mass is 260 g/mol.